The molecule has 1 aliphatic heterocycles. The SMILES string of the molecule is CN(C)[C@]1(c2ccccc2)CC[C@]2(CC1)CN(CC(=O)NCc1ccncn1)C(=O)N2CC1CCC1. The number of amides is 3. The maximum absolute atomic E-state index is 13.7. The average molecular weight is 491 g/mol. The third-order valence-electron chi connectivity index (χ3n) is 8.84. The van der Waals surface area contributed by atoms with E-state index in [9.17, 15) is 9.59 Å². The molecule has 0 atom stereocenters. The van der Waals surface area contributed by atoms with Crippen molar-refractivity contribution in [1.82, 2.24) is 30.0 Å². The van der Waals surface area contributed by atoms with Gasteiger partial charge in [-0.05, 0) is 70.2 Å². The van der Waals surface area contributed by atoms with Crippen LogP contribution in [0.5, 0.6) is 0 Å². The van der Waals surface area contributed by atoms with Gasteiger partial charge in [0.05, 0.1) is 17.8 Å². The van der Waals surface area contributed by atoms with Gasteiger partial charge >= 0.3 is 6.03 Å². The zero-order valence-electron chi connectivity index (χ0n) is 21.5. The van der Waals surface area contributed by atoms with Crippen molar-refractivity contribution in [3.8, 4) is 0 Å². The van der Waals surface area contributed by atoms with Crippen molar-refractivity contribution < 1.29 is 9.59 Å². The van der Waals surface area contributed by atoms with Crippen LogP contribution in [0.3, 0.4) is 0 Å². The number of carbonyl (C=O) groups is 2. The summed E-state index contributed by atoms with van der Waals surface area (Å²) in [4.78, 5) is 40.8. The summed E-state index contributed by atoms with van der Waals surface area (Å²) in [6.07, 6.45) is 10.7. The van der Waals surface area contributed by atoms with Gasteiger partial charge in [0.2, 0.25) is 5.91 Å². The van der Waals surface area contributed by atoms with Crippen LogP contribution in [0.25, 0.3) is 0 Å². The van der Waals surface area contributed by atoms with Crippen molar-refractivity contribution in [3.63, 3.8) is 0 Å². The van der Waals surface area contributed by atoms with Gasteiger partial charge in [-0.1, -0.05) is 36.8 Å². The molecule has 1 N–H and O–H groups in total. The number of nitrogens with one attached hydrogen (secondary N) is 1. The Kier molecular flexibility index (Phi) is 6.97. The van der Waals surface area contributed by atoms with Crippen molar-refractivity contribution in [2.75, 3.05) is 33.7 Å². The highest BCUT2D eigenvalue weighted by molar-refractivity contribution is 5.86. The first-order chi connectivity index (χ1) is 17.4. The molecule has 3 fully saturated rings. The Hall–Kier alpha value is -3.00. The van der Waals surface area contributed by atoms with E-state index in [1.807, 2.05) is 0 Å². The average Bonchev–Trinajstić information content (AvgIpc) is 3.11. The third-order valence-corrected chi connectivity index (χ3v) is 8.84. The van der Waals surface area contributed by atoms with Crippen LogP contribution in [0, 0.1) is 5.92 Å². The van der Waals surface area contributed by atoms with Crippen molar-refractivity contribution in [2.45, 2.75) is 62.6 Å². The Morgan fingerprint density at radius 1 is 1.11 bits per heavy atom. The van der Waals surface area contributed by atoms with E-state index in [0.29, 0.717) is 19.0 Å². The fourth-order valence-electron chi connectivity index (χ4n) is 6.35. The predicted octanol–water partition coefficient (Wildman–Crippen LogP) is 3.40. The molecule has 1 aromatic heterocycles. The molecule has 8 heteroatoms. The minimum atomic E-state index is -0.200. The Morgan fingerprint density at radius 3 is 2.47 bits per heavy atom. The number of hydrogen-bond acceptors (Lipinski definition) is 5. The summed E-state index contributed by atoms with van der Waals surface area (Å²) >= 11 is 0. The number of nitrogens with zero attached hydrogens (tertiary/aromatic N) is 5. The number of urea groups is 1. The maximum atomic E-state index is 13.7. The molecule has 1 aromatic carbocycles. The van der Waals surface area contributed by atoms with Gasteiger partial charge in [0, 0.05) is 24.8 Å². The lowest BCUT2D eigenvalue weighted by Gasteiger charge is -2.51. The number of hydrogen-bond donors (Lipinski definition) is 1. The van der Waals surface area contributed by atoms with Gasteiger partial charge < -0.3 is 15.1 Å². The van der Waals surface area contributed by atoms with E-state index in [1.165, 1.54) is 31.2 Å². The van der Waals surface area contributed by atoms with E-state index in [-0.39, 0.29) is 29.6 Å². The molecule has 2 saturated carbocycles. The lowest BCUT2D eigenvalue weighted by Crippen LogP contribution is -2.56. The van der Waals surface area contributed by atoms with Crippen LogP contribution in [-0.2, 0) is 16.9 Å². The monoisotopic (exact) mass is 490 g/mol. The number of aromatic nitrogens is 2. The van der Waals surface area contributed by atoms with Gasteiger partial charge in [-0.15, -0.1) is 0 Å². The molecule has 1 spiro atoms. The standard InChI is InChI=1S/C28H38N6O2/c1-32(2)28(23-9-4-3-5-10-23)14-12-27(13-15-28)20-33(26(36)34(27)18-22-7-6-8-22)19-25(35)30-17-24-11-16-29-21-31-24/h3-5,9-11,16,21-22H,6-8,12-15,17-20H2,1-2H3,(H,30,35)/t27-,28+. The van der Waals surface area contributed by atoms with Crippen molar-refractivity contribution in [3.05, 3.63) is 60.2 Å². The second-order valence-corrected chi connectivity index (χ2v) is 11.0. The summed E-state index contributed by atoms with van der Waals surface area (Å²) in [5.41, 5.74) is 1.87. The van der Waals surface area contributed by atoms with Crippen LogP contribution in [0.2, 0.25) is 0 Å². The summed E-state index contributed by atoms with van der Waals surface area (Å²) in [7, 11) is 4.34. The zero-order chi connectivity index (χ0) is 25.2. The van der Waals surface area contributed by atoms with Crippen LogP contribution < -0.4 is 5.32 Å². The molecule has 3 aliphatic rings. The molecule has 36 heavy (non-hydrogen) atoms. The quantitative estimate of drug-likeness (QED) is 0.613. The number of carbonyl (C=O) groups excluding carboxylic acids is 2. The van der Waals surface area contributed by atoms with Gasteiger partial charge in [0.25, 0.3) is 0 Å². The molecule has 0 radical (unpaired) electrons. The summed E-state index contributed by atoms with van der Waals surface area (Å²) in [6, 6.07) is 12.6. The van der Waals surface area contributed by atoms with E-state index in [2.05, 4.69) is 69.5 Å². The van der Waals surface area contributed by atoms with Crippen LogP contribution in [-0.4, -0.2) is 75.9 Å². The lowest BCUT2D eigenvalue weighted by molar-refractivity contribution is -0.121. The highest BCUT2D eigenvalue weighted by atomic mass is 16.2. The zero-order valence-corrected chi connectivity index (χ0v) is 21.5. The molecular formula is C28H38N6O2. The molecule has 0 unspecified atom stereocenters. The van der Waals surface area contributed by atoms with Crippen LogP contribution in [0.4, 0.5) is 4.79 Å². The molecule has 2 aromatic rings. The Bertz CT molecular complexity index is 1050. The molecule has 192 valence electrons. The highest BCUT2D eigenvalue weighted by Crippen LogP contribution is 2.49. The predicted molar refractivity (Wildman–Crippen MR) is 138 cm³/mol. The lowest BCUT2D eigenvalue weighted by atomic mass is 9.68. The minimum Gasteiger partial charge on any atom is -0.349 e. The summed E-state index contributed by atoms with van der Waals surface area (Å²) in [6.45, 7) is 1.86. The van der Waals surface area contributed by atoms with Crippen molar-refractivity contribution in [2.24, 2.45) is 5.92 Å². The van der Waals surface area contributed by atoms with Crippen molar-refractivity contribution >= 4 is 11.9 Å². The fraction of sp³-hybridized carbons (Fsp3) is 0.571. The molecule has 0 bridgehead atoms. The first-order valence-corrected chi connectivity index (χ1v) is 13.2. The van der Waals surface area contributed by atoms with Gasteiger partial charge in [-0.25, -0.2) is 14.8 Å². The van der Waals surface area contributed by atoms with E-state index in [4.69, 9.17) is 0 Å². The summed E-state index contributed by atoms with van der Waals surface area (Å²) < 4.78 is 0. The molecule has 2 aliphatic carbocycles. The van der Waals surface area contributed by atoms with E-state index < -0.39 is 0 Å². The smallest absolute Gasteiger partial charge is 0.321 e. The normalized spacial score (nSPS) is 26.5. The Labute approximate surface area is 214 Å². The fourth-order valence-corrected chi connectivity index (χ4v) is 6.35. The van der Waals surface area contributed by atoms with Crippen molar-refractivity contribution in [1.29, 1.82) is 0 Å². The third kappa shape index (κ3) is 4.71. The number of rotatable bonds is 8. The van der Waals surface area contributed by atoms with Crippen LogP contribution in [0.15, 0.2) is 48.9 Å². The Balaban J connectivity index is 1.30. The van der Waals surface area contributed by atoms with Gasteiger partial charge in [-0.3, -0.25) is 9.69 Å². The second kappa shape index (κ2) is 10.2. The first kappa shape index (κ1) is 24.7. The molecule has 5 rings (SSSR count). The summed E-state index contributed by atoms with van der Waals surface area (Å²) in [5, 5.41) is 2.92. The topological polar surface area (TPSA) is 81.7 Å². The maximum Gasteiger partial charge on any atom is 0.321 e. The van der Waals surface area contributed by atoms with Gasteiger partial charge in [0.15, 0.2) is 0 Å². The second-order valence-electron chi connectivity index (χ2n) is 11.0. The molecular weight excluding hydrogens is 452 g/mol. The molecule has 8 nitrogen and oxygen atoms in total. The molecule has 1 saturated heterocycles. The largest absolute Gasteiger partial charge is 0.349 e. The number of benzene rings is 1. The van der Waals surface area contributed by atoms with E-state index in [1.54, 1.807) is 17.2 Å². The van der Waals surface area contributed by atoms with Crippen LogP contribution >= 0.6 is 0 Å². The van der Waals surface area contributed by atoms with Gasteiger partial charge in [0.1, 0.15) is 12.9 Å². The van der Waals surface area contributed by atoms with Gasteiger partial charge in [-0.2, -0.15) is 0 Å². The summed E-state index contributed by atoms with van der Waals surface area (Å²) in [5.74, 6) is 0.442. The molecule has 3 amide bonds. The van der Waals surface area contributed by atoms with E-state index in [0.717, 1.165) is 37.9 Å². The van der Waals surface area contributed by atoms with E-state index >= 15 is 0 Å². The van der Waals surface area contributed by atoms with Crippen LogP contribution in [0.1, 0.15) is 56.2 Å². The first-order valence-electron chi connectivity index (χ1n) is 13.2. The Morgan fingerprint density at radius 2 is 1.86 bits per heavy atom. The highest BCUT2D eigenvalue weighted by Gasteiger charge is 2.55. The molecule has 2 heterocycles. The minimum absolute atomic E-state index is 0.0242.